The molecule has 3 heteroatoms. The number of rotatable bonds is 1. The molecule has 1 nitrogen and oxygen atoms in total. The first-order chi connectivity index (χ1) is 6.77. The Kier molecular flexibility index (Phi) is 2.23. The van der Waals surface area contributed by atoms with Gasteiger partial charge in [0.1, 0.15) is 0 Å². The van der Waals surface area contributed by atoms with Gasteiger partial charge < -0.3 is 0 Å². The first-order valence-electron chi connectivity index (χ1n) is 4.06. The zero-order chi connectivity index (χ0) is 9.97. The minimum Gasteiger partial charge on any atom is -0.246 e. The SMILES string of the molecule is FC(F)=Cc1cccc2cc[c]nc12. The molecule has 0 unspecified atom stereocenters. The highest BCUT2D eigenvalue weighted by Gasteiger charge is 2.00. The van der Waals surface area contributed by atoms with Crippen LogP contribution in [0.2, 0.25) is 0 Å². The van der Waals surface area contributed by atoms with Crippen molar-refractivity contribution in [3.05, 3.63) is 48.2 Å². The molecular weight excluding hydrogens is 184 g/mol. The minimum atomic E-state index is -1.72. The van der Waals surface area contributed by atoms with E-state index in [4.69, 9.17) is 0 Å². The van der Waals surface area contributed by atoms with Crippen molar-refractivity contribution in [3.63, 3.8) is 0 Å². The molecule has 0 saturated carbocycles. The highest BCUT2D eigenvalue weighted by molar-refractivity contribution is 5.86. The second-order valence-electron chi connectivity index (χ2n) is 2.79. The third-order valence-electron chi connectivity index (χ3n) is 1.88. The number of hydrogen-bond donors (Lipinski definition) is 0. The molecule has 0 saturated heterocycles. The highest BCUT2D eigenvalue weighted by Crippen LogP contribution is 2.18. The first kappa shape index (κ1) is 8.81. The number of fused-ring (bicyclic) bond motifs is 1. The molecule has 2 aromatic rings. The van der Waals surface area contributed by atoms with Crippen LogP contribution in [0.3, 0.4) is 0 Å². The van der Waals surface area contributed by atoms with E-state index in [1.54, 1.807) is 24.3 Å². The smallest absolute Gasteiger partial charge is 0.246 e. The number of aromatic nitrogens is 1. The van der Waals surface area contributed by atoms with Crippen molar-refractivity contribution in [2.75, 3.05) is 0 Å². The number of pyridine rings is 1. The lowest BCUT2D eigenvalue weighted by atomic mass is 10.1. The van der Waals surface area contributed by atoms with Gasteiger partial charge in [0.15, 0.2) is 0 Å². The standard InChI is InChI=1S/C11H6F2N/c12-10(13)7-9-4-1-3-8-5-2-6-14-11(8)9/h1-5,7H. The van der Waals surface area contributed by atoms with Gasteiger partial charge in [-0.2, -0.15) is 8.78 Å². The molecule has 0 aliphatic carbocycles. The second-order valence-corrected chi connectivity index (χ2v) is 2.79. The molecule has 0 amide bonds. The van der Waals surface area contributed by atoms with Crippen LogP contribution in [0, 0.1) is 6.20 Å². The van der Waals surface area contributed by atoms with E-state index in [0.717, 1.165) is 11.5 Å². The van der Waals surface area contributed by atoms with Gasteiger partial charge in [-0.05, 0) is 6.07 Å². The molecule has 0 spiro atoms. The van der Waals surface area contributed by atoms with E-state index >= 15 is 0 Å². The van der Waals surface area contributed by atoms with Crippen LogP contribution in [0.1, 0.15) is 5.56 Å². The number of hydrogen-bond acceptors (Lipinski definition) is 1. The number of benzene rings is 1. The Labute approximate surface area is 79.7 Å². The van der Waals surface area contributed by atoms with E-state index in [1.165, 1.54) is 0 Å². The normalized spacial score (nSPS) is 10.1. The fourth-order valence-corrected chi connectivity index (χ4v) is 1.31. The summed E-state index contributed by atoms with van der Waals surface area (Å²) in [5, 5.41) is 0.832. The zero-order valence-electron chi connectivity index (χ0n) is 7.17. The summed E-state index contributed by atoms with van der Waals surface area (Å²) in [7, 11) is 0. The van der Waals surface area contributed by atoms with Crippen LogP contribution < -0.4 is 0 Å². The zero-order valence-corrected chi connectivity index (χ0v) is 7.17. The third kappa shape index (κ3) is 1.62. The van der Waals surface area contributed by atoms with Gasteiger partial charge in [0.05, 0.1) is 11.7 Å². The van der Waals surface area contributed by atoms with Crippen LogP contribution in [0.25, 0.3) is 17.0 Å². The van der Waals surface area contributed by atoms with E-state index < -0.39 is 6.08 Å². The number of nitrogens with zero attached hydrogens (tertiary/aromatic N) is 1. The maximum absolute atomic E-state index is 12.1. The minimum absolute atomic E-state index is 0.416. The van der Waals surface area contributed by atoms with Crippen molar-refractivity contribution >= 4 is 17.0 Å². The molecule has 0 fully saturated rings. The summed E-state index contributed by atoms with van der Waals surface area (Å²) in [6, 6.07) is 8.59. The number of halogens is 2. The first-order valence-corrected chi connectivity index (χ1v) is 4.06. The average molecular weight is 190 g/mol. The monoisotopic (exact) mass is 190 g/mol. The lowest BCUT2D eigenvalue weighted by Gasteiger charge is -1.98. The second kappa shape index (κ2) is 3.54. The predicted molar refractivity (Wildman–Crippen MR) is 50.8 cm³/mol. The lowest BCUT2D eigenvalue weighted by Crippen LogP contribution is -1.82. The van der Waals surface area contributed by atoms with Crippen molar-refractivity contribution in [1.29, 1.82) is 0 Å². The molecule has 0 N–H and O–H groups in total. The Bertz CT molecular complexity index is 482. The van der Waals surface area contributed by atoms with Gasteiger partial charge in [-0.25, -0.2) is 4.98 Å². The summed E-state index contributed by atoms with van der Waals surface area (Å²) in [5.74, 6) is 0. The van der Waals surface area contributed by atoms with Crippen LogP contribution >= 0.6 is 0 Å². The van der Waals surface area contributed by atoms with Gasteiger partial charge in [-0.15, -0.1) is 0 Å². The predicted octanol–water partition coefficient (Wildman–Crippen LogP) is 3.27. The Hall–Kier alpha value is -1.77. The van der Waals surface area contributed by atoms with E-state index in [9.17, 15) is 8.78 Å². The van der Waals surface area contributed by atoms with Crippen molar-refractivity contribution < 1.29 is 8.78 Å². The Morgan fingerprint density at radius 1 is 1.29 bits per heavy atom. The summed E-state index contributed by atoms with van der Waals surface area (Å²) in [6.45, 7) is 0. The van der Waals surface area contributed by atoms with Crippen LogP contribution in [-0.2, 0) is 0 Å². The van der Waals surface area contributed by atoms with Crippen LogP contribution in [0.4, 0.5) is 8.78 Å². The third-order valence-corrected chi connectivity index (χ3v) is 1.88. The van der Waals surface area contributed by atoms with Crippen molar-refractivity contribution in [2.45, 2.75) is 0 Å². The van der Waals surface area contributed by atoms with Crippen molar-refractivity contribution in [1.82, 2.24) is 4.98 Å². The Morgan fingerprint density at radius 2 is 2.14 bits per heavy atom. The van der Waals surface area contributed by atoms with E-state index in [0.29, 0.717) is 11.1 Å². The molecule has 2 rings (SSSR count). The molecule has 1 heterocycles. The van der Waals surface area contributed by atoms with E-state index in [1.807, 2.05) is 6.07 Å². The van der Waals surface area contributed by atoms with E-state index in [2.05, 4.69) is 11.2 Å². The maximum atomic E-state index is 12.1. The largest absolute Gasteiger partial charge is 0.270 e. The fourth-order valence-electron chi connectivity index (χ4n) is 1.31. The molecule has 1 aromatic heterocycles. The number of para-hydroxylation sites is 1. The van der Waals surface area contributed by atoms with Gasteiger partial charge in [-0.3, -0.25) is 0 Å². The van der Waals surface area contributed by atoms with Crippen LogP contribution in [0.5, 0.6) is 0 Å². The highest BCUT2D eigenvalue weighted by atomic mass is 19.3. The van der Waals surface area contributed by atoms with Gasteiger partial charge in [0.2, 0.25) is 0 Å². The molecule has 1 radical (unpaired) electrons. The lowest BCUT2D eigenvalue weighted by molar-refractivity contribution is 0.429. The molecule has 69 valence electrons. The Morgan fingerprint density at radius 3 is 2.93 bits per heavy atom. The molecule has 0 aliphatic rings. The van der Waals surface area contributed by atoms with Crippen molar-refractivity contribution in [3.8, 4) is 0 Å². The molecule has 14 heavy (non-hydrogen) atoms. The summed E-state index contributed by atoms with van der Waals surface area (Å²) in [4.78, 5) is 3.93. The molecular formula is C11H6F2N. The van der Waals surface area contributed by atoms with Crippen LogP contribution in [-0.4, -0.2) is 4.98 Å². The van der Waals surface area contributed by atoms with Gasteiger partial charge in [-0.1, -0.05) is 24.3 Å². The van der Waals surface area contributed by atoms with Gasteiger partial charge in [0, 0.05) is 17.0 Å². The van der Waals surface area contributed by atoms with E-state index in [-0.39, 0.29) is 0 Å². The summed E-state index contributed by atoms with van der Waals surface area (Å²) >= 11 is 0. The Balaban J connectivity index is 2.71. The van der Waals surface area contributed by atoms with Gasteiger partial charge >= 0.3 is 0 Å². The summed E-state index contributed by atoms with van der Waals surface area (Å²) in [6.07, 6.45) is 1.71. The maximum Gasteiger partial charge on any atom is 0.270 e. The van der Waals surface area contributed by atoms with Crippen molar-refractivity contribution in [2.24, 2.45) is 0 Å². The molecule has 1 aromatic carbocycles. The average Bonchev–Trinajstić information content (AvgIpc) is 2.18. The van der Waals surface area contributed by atoms with Crippen LogP contribution in [0.15, 0.2) is 36.4 Å². The molecule has 0 aliphatic heterocycles. The summed E-state index contributed by atoms with van der Waals surface area (Å²) < 4.78 is 24.1. The topological polar surface area (TPSA) is 12.9 Å². The summed E-state index contributed by atoms with van der Waals surface area (Å²) in [5.41, 5.74) is 0.960. The quantitative estimate of drug-likeness (QED) is 0.672. The van der Waals surface area contributed by atoms with Gasteiger partial charge in [0.25, 0.3) is 6.08 Å². The fraction of sp³-hybridized carbons (Fsp3) is 0. The molecule has 0 atom stereocenters. The molecule has 0 bridgehead atoms.